The molecule has 1 atom stereocenters. The molecule has 3 aromatic rings. The van der Waals surface area contributed by atoms with Crippen molar-refractivity contribution in [3.8, 4) is 22.6 Å². The van der Waals surface area contributed by atoms with Crippen molar-refractivity contribution in [2.24, 2.45) is 5.92 Å². The van der Waals surface area contributed by atoms with Gasteiger partial charge in [-0.05, 0) is 30.2 Å². The molecule has 0 saturated carbocycles. The Bertz CT molecular complexity index is 1120. The van der Waals surface area contributed by atoms with E-state index >= 15 is 0 Å². The molecule has 0 spiro atoms. The Morgan fingerprint density at radius 1 is 1.24 bits per heavy atom. The minimum atomic E-state index is -5.08. The van der Waals surface area contributed by atoms with Crippen molar-refractivity contribution in [1.29, 1.82) is 0 Å². The van der Waals surface area contributed by atoms with Crippen LogP contribution in [0.5, 0.6) is 11.5 Å². The fraction of sp³-hybridized carbons (Fsp3) is 0.227. The summed E-state index contributed by atoms with van der Waals surface area (Å²) >= 11 is 0. The molecule has 0 aliphatic carbocycles. The zero-order chi connectivity index (χ0) is 24.0. The topological polar surface area (TPSA) is 114 Å². The molecule has 1 aliphatic rings. The first-order chi connectivity index (χ1) is 15.7. The number of aliphatic carboxylic acids is 1. The van der Waals surface area contributed by atoms with E-state index in [1.54, 1.807) is 19.5 Å². The Labute approximate surface area is 186 Å². The molecule has 174 valence electrons. The Kier molecular flexibility index (Phi) is 7.21. The van der Waals surface area contributed by atoms with E-state index in [0.717, 1.165) is 22.4 Å². The van der Waals surface area contributed by atoms with Gasteiger partial charge < -0.3 is 19.9 Å². The number of alkyl halides is 3. The summed E-state index contributed by atoms with van der Waals surface area (Å²) < 4.78 is 42.9. The van der Waals surface area contributed by atoms with Gasteiger partial charge in [0.05, 0.1) is 19.2 Å². The summed E-state index contributed by atoms with van der Waals surface area (Å²) in [6.07, 6.45) is -0.883. The summed E-state index contributed by atoms with van der Waals surface area (Å²) in [5.41, 5.74) is 3.59. The van der Waals surface area contributed by atoms with Gasteiger partial charge in [-0.15, -0.1) is 0 Å². The van der Waals surface area contributed by atoms with E-state index in [4.69, 9.17) is 19.4 Å². The first kappa shape index (κ1) is 23.6. The summed E-state index contributed by atoms with van der Waals surface area (Å²) in [6, 6.07) is 13.4. The van der Waals surface area contributed by atoms with Gasteiger partial charge in [0.1, 0.15) is 18.1 Å². The quantitative estimate of drug-likeness (QED) is 0.541. The second-order valence-electron chi connectivity index (χ2n) is 7.01. The largest absolute Gasteiger partial charge is 0.496 e. The Morgan fingerprint density at radius 2 is 1.97 bits per heavy atom. The number of ether oxygens (including phenoxy) is 2. The molecule has 0 saturated heterocycles. The van der Waals surface area contributed by atoms with Crippen molar-refractivity contribution in [3.05, 3.63) is 60.4 Å². The first-order valence-electron chi connectivity index (χ1n) is 9.68. The van der Waals surface area contributed by atoms with E-state index < -0.39 is 12.1 Å². The third-order valence-corrected chi connectivity index (χ3v) is 4.77. The number of amides is 1. The summed E-state index contributed by atoms with van der Waals surface area (Å²) in [7, 11) is 1.61. The van der Waals surface area contributed by atoms with Gasteiger partial charge in [-0.1, -0.05) is 18.2 Å². The lowest BCUT2D eigenvalue weighted by atomic mass is 9.96. The van der Waals surface area contributed by atoms with Crippen molar-refractivity contribution in [2.75, 3.05) is 19.0 Å². The number of rotatable bonds is 4. The maximum Gasteiger partial charge on any atom is 0.490 e. The smallest absolute Gasteiger partial charge is 0.490 e. The normalized spacial score (nSPS) is 14.7. The number of benzene rings is 2. The average Bonchev–Trinajstić information content (AvgIpc) is 3.33. The minimum absolute atomic E-state index is 0.0578. The number of methoxy groups -OCH3 is 1. The van der Waals surface area contributed by atoms with Crippen LogP contribution in [0.25, 0.3) is 11.1 Å². The number of H-pyrrole nitrogens is 1. The Hall–Kier alpha value is -4.02. The zero-order valence-corrected chi connectivity index (χ0v) is 17.3. The van der Waals surface area contributed by atoms with Crippen molar-refractivity contribution in [2.45, 2.75) is 12.6 Å². The molecule has 4 rings (SSSR count). The third-order valence-electron chi connectivity index (χ3n) is 4.77. The molecule has 3 N–H and O–H groups in total. The lowest BCUT2D eigenvalue weighted by Gasteiger charge is -2.24. The van der Waals surface area contributed by atoms with Gasteiger partial charge in [0.2, 0.25) is 5.91 Å². The Balaban J connectivity index is 0.000000383. The van der Waals surface area contributed by atoms with Crippen LogP contribution < -0.4 is 14.8 Å². The number of carboxylic acids is 1. The maximum atomic E-state index is 12.6. The van der Waals surface area contributed by atoms with E-state index in [1.165, 1.54) is 0 Å². The van der Waals surface area contributed by atoms with Crippen molar-refractivity contribution in [3.63, 3.8) is 0 Å². The molecular formula is C22H20F3N3O5. The van der Waals surface area contributed by atoms with Crippen LogP contribution in [0.15, 0.2) is 54.9 Å². The number of halogens is 3. The lowest BCUT2D eigenvalue weighted by molar-refractivity contribution is -0.192. The Morgan fingerprint density at radius 3 is 2.61 bits per heavy atom. The second kappa shape index (κ2) is 10.1. The first-order valence-corrected chi connectivity index (χ1v) is 9.68. The molecule has 0 bridgehead atoms. The van der Waals surface area contributed by atoms with Crippen LogP contribution in [0, 0.1) is 5.92 Å². The van der Waals surface area contributed by atoms with E-state index in [9.17, 15) is 18.0 Å². The number of fused-ring (bicyclic) bond motifs is 1. The highest BCUT2D eigenvalue weighted by molar-refractivity contribution is 5.93. The van der Waals surface area contributed by atoms with Gasteiger partial charge in [-0.3, -0.25) is 9.89 Å². The molecular weight excluding hydrogens is 443 g/mol. The predicted molar refractivity (Wildman–Crippen MR) is 112 cm³/mol. The number of carboxylic acid groups (broad SMARTS) is 1. The molecule has 11 heteroatoms. The monoisotopic (exact) mass is 463 g/mol. The molecule has 2 heterocycles. The van der Waals surface area contributed by atoms with Gasteiger partial charge in [-0.25, -0.2) is 4.79 Å². The summed E-state index contributed by atoms with van der Waals surface area (Å²) in [5.74, 6) is -1.49. The van der Waals surface area contributed by atoms with Crippen LogP contribution >= 0.6 is 0 Å². The highest BCUT2D eigenvalue weighted by atomic mass is 19.4. The van der Waals surface area contributed by atoms with Crippen molar-refractivity contribution >= 4 is 17.6 Å². The lowest BCUT2D eigenvalue weighted by Crippen LogP contribution is -2.32. The summed E-state index contributed by atoms with van der Waals surface area (Å²) in [4.78, 5) is 21.5. The summed E-state index contributed by atoms with van der Waals surface area (Å²) in [5, 5.41) is 16.8. The number of hydrogen-bond acceptors (Lipinski definition) is 5. The number of para-hydroxylation sites is 1. The molecule has 33 heavy (non-hydrogen) atoms. The van der Waals surface area contributed by atoms with Crippen LogP contribution in [0.2, 0.25) is 0 Å². The molecule has 2 aromatic carbocycles. The highest BCUT2D eigenvalue weighted by Crippen LogP contribution is 2.32. The SMILES string of the molecule is COc1cc(NC(=O)C2COc3ccccc3C2)ccc1-c1cn[nH]c1.O=C(O)C(F)(F)F. The summed E-state index contributed by atoms with van der Waals surface area (Å²) in [6.45, 7) is 0.382. The van der Waals surface area contributed by atoms with Gasteiger partial charge in [-0.2, -0.15) is 18.3 Å². The molecule has 8 nitrogen and oxygen atoms in total. The average molecular weight is 463 g/mol. The standard InChI is InChI=1S/C20H19N3O3.C2HF3O2/c1-25-19-9-16(6-7-17(19)15-10-21-22-11-15)23-20(24)14-8-13-4-2-3-5-18(13)26-12-14;3-2(4,5)1(6)7/h2-7,9-11,14H,8,12H2,1H3,(H,21,22)(H,23,24);(H,6,7). The molecule has 1 aliphatic heterocycles. The highest BCUT2D eigenvalue weighted by Gasteiger charge is 2.38. The van der Waals surface area contributed by atoms with E-state index in [-0.39, 0.29) is 11.8 Å². The number of aromatic nitrogens is 2. The number of hydrogen-bond donors (Lipinski definition) is 3. The van der Waals surface area contributed by atoms with Gasteiger partial charge in [0.25, 0.3) is 0 Å². The molecule has 0 fully saturated rings. The number of anilines is 1. The van der Waals surface area contributed by atoms with Crippen molar-refractivity contribution < 1.29 is 37.3 Å². The molecule has 1 aromatic heterocycles. The number of carbonyl (C=O) groups excluding carboxylic acids is 1. The number of carbonyl (C=O) groups is 2. The van der Waals surface area contributed by atoms with Crippen LogP contribution in [0.4, 0.5) is 18.9 Å². The van der Waals surface area contributed by atoms with E-state index in [0.29, 0.717) is 24.5 Å². The van der Waals surface area contributed by atoms with Crippen LogP contribution in [0.1, 0.15) is 5.56 Å². The number of nitrogens with zero attached hydrogens (tertiary/aromatic N) is 1. The zero-order valence-electron chi connectivity index (χ0n) is 17.3. The van der Waals surface area contributed by atoms with Crippen LogP contribution in [-0.4, -0.2) is 47.1 Å². The van der Waals surface area contributed by atoms with E-state index in [1.807, 2.05) is 42.5 Å². The van der Waals surface area contributed by atoms with Crippen LogP contribution in [0.3, 0.4) is 0 Å². The number of nitrogens with one attached hydrogen (secondary N) is 2. The molecule has 1 unspecified atom stereocenters. The van der Waals surface area contributed by atoms with Crippen molar-refractivity contribution in [1.82, 2.24) is 10.2 Å². The van der Waals surface area contributed by atoms with Gasteiger partial charge >= 0.3 is 12.1 Å². The fourth-order valence-electron chi connectivity index (χ4n) is 3.15. The third kappa shape index (κ3) is 6.03. The fourth-order valence-corrected chi connectivity index (χ4v) is 3.15. The van der Waals surface area contributed by atoms with Gasteiger partial charge in [0, 0.05) is 29.1 Å². The van der Waals surface area contributed by atoms with Gasteiger partial charge in [0.15, 0.2) is 0 Å². The minimum Gasteiger partial charge on any atom is -0.496 e. The van der Waals surface area contributed by atoms with E-state index in [2.05, 4.69) is 15.5 Å². The molecule has 1 amide bonds. The second-order valence-corrected chi connectivity index (χ2v) is 7.01. The molecule has 0 radical (unpaired) electrons. The maximum absolute atomic E-state index is 12.6. The predicted octanol–water partition coefficient (Wildman–Crippen LogP) is 3.91. The number of aromatic amines is 1. The van der Waals surface area contributed by atoms with Crippen LogP contribution in [-0.2, 0) is 16.0 Å².